The van der Waals surface area contributed by atoms with Gasteiger partial charge in [-0.2, -0.15) is 0 Å². The molecule has 1 unspecified atom stereocenters. The lowest BCUT2D eigenvalue weighted by molar-refractivity contribution is 1.01. The Morgan fingerprint density at radius 3 is 2.25 bits per heavy atom. The zero-order valence-corrected chi connectivity index (χ0v) is 17.2. The molecule has 3 heteroatoms. The molecule has 0 amide bonds. The van der Waals surface area contributed by atoms with Gasteiger partial charge in [-0.1, -0.05) is 90.7 Å². The number of para-hydroxylation sites is 1. The van der Waals surface area contributed by atoms with Crippen molar-refractivity contribution in [3.05, 3.63) is 91.0 Å². The first-order chi connectivity index (χ1) is 13.7. The van der Waals surface area contributed by atoms with Gasteiger partial charge in [0.05, 0.1) is 0 Å². The molecule has 0 saturated heterocycles. The van der Waals surface area contributed by atoms with Crippen molar-refractivity contribution >= 4 is 55.6 Å². The van der Waals surface area contributed by atoms with Crippen molar-refractivity contribution in [2.24, 2.45) is 7.05 Å². The fourth-order valence-corrected chi connectivity index (χ4v) is 9.48. The van der Waals surface area contributed by atoms with Crippen LogP contribution in [0.15, 0.2) is 91.0 Å². The van der Waals surface area contributed by atoms with Crippen molar-refractivity contribution in [3.63, 3.8) is 0 Å². The molecule has 1 aromatic heterocycles. The minimum atomic E-state index is -2.12. The molecule has 1 atom stereocenters. The number of rotatable bonds is 1. The molecule has 5 aromatic rings. The number of fused-ring (bicyclic) bond motifs is 7. The van der Waals surface area contributed by atoms with E-state index < -0.39 is 6.04 Å². The summed E-state index contributed by atoms with van der Waals surface area (Å²) in [4.78, 5) is 0. The van der Waals surface area contributed by atoms with Crippen LogP contribution in [0.3, 0.4) is 0 Å². The van der Waals surface area contributed by atoms with Crippen molar-refractivity contribution in [1.29, 1.82) is 0 Å². The first kappa shape index (κ1) is 16.3. The summed E-state index contributed by atoms with van der Waals surface area (Å²) in [5, 5.41) is 6.60. The molecule has 0 N–H and O–H groups in total. The zero-order valence-electron chi connectivity index (χ0n) is 15.5. The average Bonchev–Trinajstić information content (AvgIpc) is 3.20. The maximum Gasteiger partial charge on any atom is 0.0496 e. The summed E-state index contributed by atoms with van der Waals surface area (Å²) in [6, 6.07) is 30.6. The van der Waals surface area contributed by atoms with Gasteiger partial charge in [0.2, 0.25) is 0 Å². The van der Waals surface area contributed by atoms with Crippen LogP contribution in [0.25, 0.3) is 32.9 Å². The molecule has 0 aliphatic carbocycles. The molecular formula is C25H18NPS. The summed E-state index contributed by atoms with van der Waals surface area (Å²) >= 11 is 6.64. The van der Waals surface area contributed by atoms with Crippen LogP contribution < -0.4 is 15.9 Å². The molecule has 4 aromatic carbocycles. The Kier molecular flexibility index (Phi) is 3.30. The fraction of sp³-hybridized carbons (Fsp3) is 0.0400. The highest BCUT2D eigenvalue weighted by molar-refractivity contribution is 8.26. The number of nitrogens with zero attached hydrogens (tertiary/aromatic N) is 1. The van der Waals surface area contributed by atoms with Crippen molar-refractivity contribution < 1.29 is 0 Å². The lowest BCUT2D eigenvalue weighted by Gasteiger charge is -2.21. The minimum absolute atomic E-state index is 1.26. The van der Waals surface area contributed by atoms with Gasteiger partial charge in [0, 0.05) is 45.5 Å². The van der Waals surface area contributed by atoms with Crippen LogP contribution >= 0.6 is 6.04 Å². The second-order valence-electron chi connectivity index (χ2n) is 7.39. The standard InChI is InChI=1S/C25H18NPS/c1-26-21-13-7-5-12-20(21)24-22(26)16-15-19-18-11-6-8-14-23(18)27(28,25(19)24)17-9-3-2-4-10-17/h2-16H,1H3. The first-order valence-corrected chi connectivity index (χ1v) is 12.3. The molecule has 134 valence electrons. The van der Waals surface area contributed by atoms with Gasteiger partial charge in [-0.25, -0.2) is 0 Å². The van der Waals surface area contributed by atoms with E-state index in [1.807, 2.05) is 0 Å². The van der Waals surface area contributed by atoms with Gasteiger partial charge in [-0.3, -0.25) is 0 Å². The molecule has 0 spiro atoms. The maximum absolute atomic E-state index is 6.64. The van der Waals surface area contributed by atoms with E-state index in [0.29, 0.717) is 0 Å². The van der Waals surface area contributed by atoms with Crippen LogP contribution in [0.5, 0.6) is 0 Å². The molecule has 28 heavy (non-hydrogen) atoms. The SMILES string of the molecule is Cn1c2ccccc2c2c3c(ccc21)-c1ccccc1P3(=S)c1ccccc1. The Bertz CT molecular complexity index is 1450. The second-order valence-corrected chi connectivity index (χ2v) is 11.7. The van der Waals surface area contributed by atoms with Crippen LogP contribution in [0.4, 0.5) is 0 Å². The molecule has 1 nitrogen and oxygen atoms in total. The predicted octanol–water partition coefficient (Wildman–Crippen LogP) is 5.07. The normalized spacial score (nSPS) is 17.8. The van der Waals surface area contributed by atoms with E-state index in [4.69, 9.17) is 11.8 Å². The van der Waals surface area contributed by atoms with Crippen LogP contribution in [0.2, 0.25) is 0 Å². The van der Waals surface area contributed by atoms with Gasteiger partial charge in [-0.15, -0.1) is 0 Å². The first-order valence-electron chi connectivity index (χ1n) is 9.47. The highest BCUT2D eigenvalue weighted by Crippen LogP contribution is 2.54. The number of benzene rings is 4. The van der Waals surface area contributed by atoms with Crippen LogP contribution in [-0.4, -0.2) is 4.57 Å². The highest BCUT2D eigenvalue weighted by atomic mass is 32.4. The Morgan fingerprint density at radius 2 is 1.39 bits per heavy atom. The van der Waals surface area contributed by atoms with E-state index in [1.165, 1.54) is 48.8 Å². The highest BCUT2D eigenvalue weighted by Gasteiger charge is 2.38. The van der Waals surface area contributed by atoms with E-state index in [-0.39, 0.29) is 0 Å². The number of aromatic nitrogens is 1. The van der Waals surface area contributed by atoms with Gasteiger partial charge < -0.3 is 4.57 Å². The molecular weight excluding hydrogens is 377 g/mol. The summed E-state index contributed by atoms with van der Waals surface area (Å²) in [6.07, 6.45) is 0. The average molecular weight is 395 g/mol. The Balaban J connectivity index is 1.88. The minimum Gasteiger partial charge on any atom is -0.344 e. The summed E-state index contributed by atoms with van der Waals surface area (Å²) in [6.45, 7) is 0. The molecule has 0 saturated carbocycles. The van der Waals surface area contributed by atoms with Gasteiger partial charge in [0.1, 0.15) is 0 Å². The summed E-state index contributed by atoms with van der Waals surface area (Å²) < 4.78 is 2.30. The van der Waals surface area contributed by atoms with Gasteiger partial charge in [-0.05, 0) is 28.6 Å². The summed E-state index contributed by atoms with van der Waals surface area (Å²) in [5.74, 6) is 0. The third kappa shape index (κ3) is 1.90. The molecule has 0 fully saturated rings. The zero-order chi connectivity index (χ0) is 18.9. The number of aryl methyl sites for hydroxylation is 1. The van der Waals surface area contributed by atoms with Gasteiger partial charge >= 0.3 is 0 Å². The topological polar surface area (TPSA) is 4.93 Å². The van der Waals surface area contributed by atoms with Gasteiger partial charge in [0.25, 0.3) is 0 Å². The van der Waals surface area contributed by atoms with E-state index >= 15 is 0 Å². The molecule has 0 bridgehead atoms. The van der Waals surface area contributed by atoms with Crippen LogP contribution in [-0.2, 0) is 18.9 Å². The molecule has 1 aliphatic heterocycles. The number of hydrogen-bond donors (Lipinski definition) is 0. The summed E-state index contributed by atoms with van der Waals surface area (Å²) in [7, 11) is 2.16. The van der Waals surface area contributed by atoms with Crippen LogP contribution in [0.1, 0.15) is 0 Å². The lowest BCUT2D eigenvalue weighted by atomic mass is 10.0. The molecule has 2 heterocycles. The largest absolute Gasteiger partial charge is 0.344 e. The second kappa shape index (κ2) is 5.67. The van der Waals surface area contributed by atoms with Crippen molar-refractivity contribution in [2.75, 3.05) is 0 Å². The van der Waals surface area contributed by atoms with Crippen molar-refractivity contribution in [3.8, 4) is 11.1 Å². The van der Waals surface area contributed by atoms with E-state index in [2.05, 4.69) is 103 Å². The van der Waals surface area contributed by atoms with Gasteiger partial charge in [0.15, 0.2) is 0 Å². The fourth-order valence-electron chi connectivity index (χ4n) is 4.78. The Labute approximate surface area is 169 Å². The van der Waals surface area contributed by atoms with Crippen LogP contribution in [0, 0.1) is 0 Å². The Morgan fingerprint density at radius 1 is 0.679 bits per heavy atom. The molecule has 1 aliphatic rings. The molecule has 0 radical (unpaired) electrons. The quantitative estimate of drug-likeness (QED) is 0.352. The maximum atomic E-state index is 6.64. The third-order valence-corrected chi connectivity index (χ3v) is 11.0. The smallest absolute Gasteiger partial charge is 0.0496 e. The summed E-state index contributed by atoms with van der Waals surface area (Å²) in [5.41, 5.74) is 5.14. The molecule has 6 rings (SSSR count). The Hall–Kier alpha value is -2.67. The van der Waals surface area contributed by atoms with E-state index in [1.54, 1.807) is 0 Å². The van der Waals surface area contributed by atoms with E-state index in [9.17, 15) is 0 Å². The van der Waals surface area contributed by atoms with Crippen molar-refractivity contribution in [1.82, 2.24) is 4.57 Å². The number of hydrogen-bond acceptors (Lipinski definition) is 1. The van der Waals surface area contributed by atoms with Crippen molar-refractivity contribution in [2.45, 2.75) is 0 Å². The monoisotopic (exact) mass is 395 g/mol. The van der Waals surface area contributed by atoms with E-state index in [0.717, 1.165) is 0 Å². The lowest BCUT2D eigenvalue weighted by Crippen LogP contribution is -2.21. The third-order valence-electron chi connectivity index (χ3n) is 6.02. The predicted molar refractivity (Wildman–Crippen MR) is 125 cm³/mol.